The molecular weight excluding hydrogens is 384 g/mol. The predicted octanol–water partition coefficient (Wildman–Crippen LogP) is 4.97. The van der Waals surface area contributed by atoms with Crippen molar-refractivity contribution in [2.75, 3.05) is 6.54 Å². The van der Waals surface area contributed by atoms with Gasteiger partial charge in [0.2, 0.25) is 5.91 Å². The number of aryl methyl sites for hydroxylation is 1. The first-order valence-electron chi connectivity index (χ1n) is 10.9. The molecular formula is C27H28N2O2. The lowest BCUT2D eigenvalue weighted by Crippen LogP contribution is -2.47. The summed E-state index contributed by atoms with van der Waals surface area (Å²) < 4.78 is 0. The molecule has 1 unspecified atom stereocenters. The zero-order valence-electron chi connectivity index (χ0n) is 17.9. The van der Waals surface area contributed by atoms with Crippen LogP contribution in [-0.4, -0.2) is 29.3 Å². The number of carbonyl (C=O) groups excluding carboxylic acids is 2. The van der Waals surface area contributed by atoms with Gasteiger partial charge in [-0.15, -0.1) is 0 Å². The molecule has 1 saturated heterocycles. The van der Waals surface area contributed by atoms with Crippen LogP contribution in [0.5, 0.6) is 0 Å². The minimum atomic E-state index is -0.479. The smallest absolute Gasteiger partial charge is 0.251 e. The molecule has 158 valence electrons. The molecule has 31 heavy (non-hydrogen) atoms. The van der Waals surface area contributed by atoms with Crippen molar-refractivity contribution in [3.05, 3.63) is 95.6 Å². The lowest BCUT2D eigenvalue weighted by Gasteiger charge is -2.25. The summed E-state index contributed by atoms with van der Waals surface area (Å²) in [4.78, 5) is 27.9. The van der Waals surface area contributed by atoms with Crippen molar-refractivity contribution in [1.29, 1.82) is 0 Å². The molecule has 1 atom stereocenters. The van der Waals surface area contributed by atoms with Crippen LogP contribution in [0.2, 0.25) is 0 Å². The normalized spacial score (nSPS) is 16.6. The topological polar surface area (TPSA) is 49.4 Å². The summed E-state index contributed by atoms with van der Waals surface area (Å²) in [6, 6.07) is 25.3. The molecule has 1 aliphatic heterocycles. The van der Waals surface area contributed by atoms with Crippen LogP contribution < -0.4 is 5.32 Å². The summed E-state index contributed by atoms with van der Waals surface area (Å²) in [5.74, 6) is -0.189. The Morgan fingerprint density at radius 3 is 2.32 bits per heavy atom. The zero-order valence-corrected chi connectivity index (χ0v) is 17.9. The van der Waals surface area contributed by atoms with E-state index in [-0.39, 0.29) is 11.8 Å². The van der Waals surface area contributed by atoms with Crippen LogP contribution in [0.3, 0.4) is 0 Å². The maximum absolute atomic E-state index is 13.2. The van der Waals surface area contributed by atoms with E-state index in [0.717, 1.165) is 36.1 Å². The summed E-state index contributed by atoms with van der Waals surface area (Å²) in [6.45, 7) is 3.38. The van der Waals surface area contributed by atoms with Gasteiger partial charge in [-0.25, -0.2) is 0 Å². The molecule has 3 aromatic rings. The second-order valence-corrected chi connectivity index (χ2v) is 8.15. The molecule has 0 bridgehead atoms. The molecule has 4 rings (SSSR count). The number of hydrogen-bond acceptors (Lipinski definition) is 2. The lowest BCUT2D eigenvalue weighted by atomic mass is 10.0. The number of carbonyl (C=O) groups is 2. The molecule has 1 aliphatic rings. The van der Waals surface area contributed by atoms with Crippen LogP contribution >= 0.6 is 0 Å². The Hall–Kier alpha value is -3.40. The van der Waals surface area contributed by atoms with Gasteiger partial charge in [0, 0.05) is 18.7 Å². The molecule has 1 fully saturated rings. The first-order chi connectivity index (χ1) is 15.1. The third-order valence-corrected chi connectivity index (χ3v) is 5.96. The second kappa shape index (κ2) is 9.61. The summed E-state index contributed by atoms with van der Waals surface area (Å²) in [5, 5.41) is 2.98. The van der Waals surface area contributed by atoms with Gasteiger partial charge in [-0.3, -0.25) is 9.59 Å². The molecule has 1 heterocycles. The van der Waals surface area contributed by atoms with Crippen LogP contribution in [0.15, 0.2) is 78.9 Å². The Kier molecular flexibility index (Phi) is 6.46. The summed E-state index contributed by atoms with van der Waals surface area (Å²) >= 11 is 0. The number of hydrogen-bond donors (Lipinski definition) is 1. The maximum Gasteiger partial charge on any atom is 0.251 e. The third kappa shape index (κ3) is 5.02. The van der Waals surface area contributed by atoms with Crippen molar-refractivity contribution in [2.45, 2.75) is 38.8 Å². The van der Waals surface area contributed by atoms with E-state index in [0.29, 0.717) is 18.5 Å². The van der Waals surface area contributed by atoms with E-state index in [1.807, 2.05) is 71.6 Å². The van der Waals surface area contributed by atoms with Crippen molar-refractivity contribution < 1.29 is 9.59 Å². The summed E-state index contributed by atoms with van der Waals surface area (Å²) in [7, 11) is 0. The van der Waals surface area contributed by atoms with Gasteiger partial charge in [0.15, 0.2) is 0 Å². The average Bonchev–Trinajstić information content (AvgIpc) is 2.97. The highest BCUT2D eigenvalue weighted by atomic mass is 16.2. The molecule has 0 aliphatic carbocycles. The number of likely N-dealkylation sites (tertiary alicyclic amines) is 1. The lowest BCUT2D eigenvalue weighted by molar-refractivity contribution is -0.133. The predicted molar refractivity (Wildman–Crippen MR) is 124 cm³/mol. The van der Waals surface area contributed by atoms with E-state index in [1.54, 1.807) is 0 Å². The van der Waals surface area contributed by atoms with E-state index in [1.165, 1.54) is 5.56 Å². The molecule has 4 nitrogen and oxygen atoms in total. The first kappa shape index (κ1) is 20.9. The van der Waals surface area contributed by atoms with Gasteiger partial charge in [0.05, 0.1) is 0 Å². The first-order valence-corrected chi connectivity index (χ1v) is 10.9. The Bertz CT molecular complexity index is 1040. The van der Waals surface area contributed by atoms with E-state index in [4.69, 9.17) is 0 Å². The van der Waals surface area contributed by atoms with E-state index in [9.17, 15) is 9.59 Å². The molecule has 0 saturated carbocycles. The van der Waals surface area contributed by atoms with Crippen LogP contribution in [0, 0.1) is 6.92 Å². The maximum atomic E-state index is 13.2. The highest BCUT2D eigenvalue weighted by Gasteiger charge is 2.28. The van der Waals surface area contributed by atoms with Gasteiger partial charge < -0.3 is 10.2 Å². The van der Waals surface area contributed by atoms with E-state index < -0.39 is 6.04 Å². The average molecular weight is 413 g/mol. The van der Waals surface area contributed by atoms with Gasteiger partial charge in [-0.1, -0.05) is 66.7 Å². The number of benzene rings is 3. The standard InChI is InChI=1S/C27H28N2O2/c1-20-9-5-6-12-24(20)19-29-18-8-7-13-25(27(29)31)28-26(30)23-16-14-22(15-17-23)21-10-3-2-4-11-21/h2-6,9-12,14-17,25H,7-8,13,18-19H2,1H3,(H,28,30). The summed E-state index contributed by atoms with van der Waals surface area (Å²) in [6.07, 6.45) is 2.56. The van der Waals surface area contributed by atoms with Crippen molar-refractivity contribution in [3.63, 3.8) is 0 Å². The Morgan fingerprint density at radius 1 is 0.903 bits per heavy atom. The summed E-state index contributed by atoms with van der Waals surface area (Å²) in [5.41, 5.74) is 5.08. The Labute approximate surface area is 183 Å². The van der Waals surface area contributed by atoms with Gasteiger partial charge in [-0.05, 0) is 60.6 Å². The third-order valence-electron chi connectivity index (χ3n) is 5.96. The van der Waals surface area contributed by atoms with Crippen molar-refractivity contribution in [3.8, 4) is 11.1 Å². The van der Waals surface area contributed by atoms with Crippen LogP contribution in [0.4, 0.5) is 0 Å². The molecule has 0 radical (unpaired) electrons. The molecule has 2 amide bonds. The van der Waals surface area contributed by atoms with Gasteiger partial charge in [0.25, 0.3) is 5.91 Å². The fourth-order valence-corrected chi connectivity index (χ4v) is 4.08. The Morgan fingerprint density at radius 2 is 1.58 bits per heavy atom. The quantitative estimate of drug-likeness (QED) is 0.643. The molecule has 3 aromatic carbocycles. The highest BCUT2D eigenvalue weighted by molar-refractivity contribution is 5.98. The highest BCUT2D eigenvalue weighted by Crippen LogP contribution is 2.20. The fourth-order valence-electron chi connectivity index (χ4n) is 4.08. The number of amides is 2. The molecule has 0 spiro atoms. The fraction of sp³-hybridized carbons (Fsp3) is 0.259. The number of nitrogens with one attached hydrogen (secondary N) is 1. The van der Waals surface area contributed by atoms with Crippen LogP contribution in [-0.2, 0) is 11.3 Å². The monoisotopic (exact) mass is 412 g/mol. The van der Waals surface area contributed by atoms with Gasteiger partial charge >= 0.3 is 0 Å². The van der Waals surface area contributed by atoms with Crippen molar-refractivity contribution >= 4 is 11.8 Å². The Balaban J connectivity index is 1.44. The van der Waals surface area contributed by atoms with Crippen molar-refractivity contribution in [2.24, 2.45) is 0 Å². The minimum absolute atomic E-state index is 0.00927. The molecule has 1 N–H and O–H groups in total. The van der Waals surface area contributed by atoms with Crippen LogP contribution in [0.1, 0.15) is 40.7 Å². The number of nitrogens with zero attached hydrogens (tertiary/aromatic N) is 1. The largest absolute Gasteiger partial charge is 0.340 e. The zero-order chi connectivity index (χ0) is 21.6. The van der Waals surface area contributed by atoms with E-state index in [2.05, 4.69) is 24.4 Å². The van der Waals surface area contributed by atoms with Gasteiger partial charge in [-0.2, -0.15) is 0 Å². The molecule has 4 heteroatoms. The number of rotatable bonds is 5. The molecule has 0 aromatic heterocycles. The van der Waals surface area contributed by atoms with Crippen molar-refractivity contribution in [1.82, 2.24) is 10.2 Å². The second-order valence-electron chi connectivity index (χ2n) is 8.15. The van der Waals surface area contributed by atoms with Crippen LogP contribution in [0.25, 0.3) is 11.1 Å². The van der Waals surface area contributed by atoms with Gasteiger partial charge in [0.1, 0.15) is 6.04 Å². The minimum Gasteiger partial charge on any atom is -0.340 e. The van der Waals surface area contributed by atoms with E-state index >= 15 is 0 Å². The SMILES string of the molecule is Cc1ccccc1CN1CCCCC(NC(=O)c2ccc(-c3ccccc3)cc2)C1=O.